The van der Waals surface area contributed by atoms with Crippen molar-refractivity contribution in [1.29, 1.82) is 0 Å². The van der Waals surface area contributed by atoms with E-state index in [1.54, 1.807) is 13.2 Å². The van der Waals surface area contributed by atoms with Crippen molar-refractivity contribution in [2.24, 2.45) is 0 Å². The minimum Gasteiger partial charge on any atom is -0.497 e. The van der Waals surface area contributed by atoms with Crippen molar-refractivity contribution in [1.82, 2.24) is 0 Å². The second-order valence-corrected chi connectivity index (χ2v) is 5.67. The molecule has 0 saturated carbocycles. The van der Waals surface area contributed by atoms with Crippen molar-refractivity contribution in [3.05, 3.63) is 59.1 Å². The third-order valence-electron chi connectivity index (χ3n) is 3.89. The van der Waals surface area contributed by atoms with Crippen LogP contribution >= 0.6 is 0 Å². The van der Waals surface area contributed by atoms with Crippen LogP contribution in [0.2, 0.25) is 0 Å². The van der Waals surface area contributed by atoms with Crippen LogP contribution in [0.25, 0.3) is 32.9 Å². The molecule has 0 aliphatic carbocycles. The molecule has 2 aromatic carbocycles. The van der Waals surface area contributed by atoms with Crippen molar-refractivity contribution < 1.29 is 13.6 Å². The number of nitrogens with one attached hydrogen (secondary N) is 1. The predicted octanol–water partition coefficient (Wildman–Crippen LogP) is 4.65. The van der Waals surface area contributed by atoms with Crippen molar-refractivity contribution in [3.63, 3.8) is 0 Å². The largest absolute Gasteiger partial charge is 0.497 e. The van der Waals surface area contributed by atoms with Gasteiger partial charge in [0.2, 0.25) is 0 Å². The van der Waals surface area contributed by atoms with Crippen LogP contribution in [0.3, 0.4) is 0 Å². The molecule has 4 aromatic rings. The first-order chi connectivity index (χ1) is 11.6. The average Bonchev–Trinajstić information content (AvgIpc) is 2.93. The summed E-state index contributed by atoms with van der Waals surface area (Å²) in [6.07, 6.45) is 0. The number of anilines is 1. The molecule has 0 aliphatic heterocycles. The predicted molar refractivity (Wildman–Crippen MR) is 94.8 cm³/mol. The van der Waals surface area contributed by atoms with Crippen LogP contribution in [0.4, 0.5) is 5.69 Å². The van der Waals surface area contributed by atoms with Gasteiger partial charge in [-0.1, -0.05) is 6.58 Å². The van der Waals surface area contributed by atoms with Crippen LogP contribution in [0.15, 0.2) is 62.3 Å². The number of furan rings is 1. The first-order valence-corrected chi connectivity index (χ1v) is 7.46. The van der Waals surface area contributed by atoms with E-state index in [4.69, 9.17) is 13.6 Å². The average molecular weight is 321 g/mol. The molecule has 120 valence electrons. The maximum Gasteiger partial charge on any atom is 0.348 e. The van der Waals surface area contributed by atoms with Crippen molar-refractivity contribution in [3.8, 4) is 5.75 Å². The summed E-state index contributed by atoms with van der Waals surface area (Å²) in [7, 11) is 1.56. The third kappa shape index (κ3) is 2.13. The Morgan fingerprint density at radius 3 is 2.67 bits per heavy atom. The zero-order valence-electron chi connectivity index (χ0n) is 13.3. The summed E-state index contributed by atoms with van der Waals surface area (Å²) in [5.41, 5.74) is 2.81. The van der Waals surface area contributed by atoms with Gasteiger partial charge >= 0.3 is 5.63 Å². The Morgan fingerprint density at radius 1 is 1.08 bits per heavy atom. The van der Waals surface area contributed by atoms with Gasteiger partial charge < -0.3 is 18.9 Å². The Morgan fingerprint density at radius 2 is 1.92 bits per heavy atom. The highest BCUT2D eigenvalue weighted by Crippen LogP contribution is 2.34. The Bertz CT molecular complexity index is 1170. The summed E-state index contributed by atoms with van der Waals surface area (Å²) < 4.78 is 16.6. The highest BCUT2D eigenvalue weighted by atomic mass is 16.5. The first-order valence-electron chi connectivity index (χ1n) is 7.46. The lowest BCUT2D eigenvalue weighted by Crippen LogP contribution is -1.99. The Kier molecular flexibility index (Phi) is 3.09. The van der Waals surface area contributed by atoms with E-state index in [-0.39, 0.29) is 0 Å². The third-order valence-corrected chi connectivity index (χ3v) is 3.89. The van der Waals surface area contributed by atoms with Gasteiger partial charge in [0.25, 0.3) is 0 Å². The lowest BCUT2D eigenvalue weighted by molar-refractivity contribution is 0.414. The molecular weight excluding hydrogens is 306 g/mol. The number of ether oxygens (including phenoxy) is 1. The standard InChI is InChI=1S/C19H15NO4/c1-10(2)20-11-4-7-15-14(8-11)17-18(23-15)13-6-5-12(22-3)9-16(13)24-19(17)21/h4-9,20H,1H2,2-3H3. The Labute approximate surface area is 137 Å². The Hall–Kier alpha value is -3.21. The van der Waals surface area contributed by atoms with Crippen molar-refractivity contribution in [2.75, 3.05) is 12.4 Å². The summed E-state index contributed by atoms with van der Waals surface area (Å²) in [5.74, 6) is 0.619. The van der Waals surface area contributed by atoms with E-state index in [1.807, 2.05) is 37.3 Å². The van der Waals surface area contributed by atoms with E-state index in [0.29, 0.717) is 33.3 Å². The molecule has 0 saturated heterocycles. The van der Waals surface area contributed by atoms with Gasteiger partial charge in [-0.3, -0.25) is 0 Å². The van der Waals surface area contributed by atoms with Gasteiger partial charge in [-0.05, 0) is 37.3 Å². The summed E-state index contributed by atoms with van der Waals surface area (Å²) in [6.45, 7) is 5.70. The van der Waals surface area contributed by atoms with Crippen LogP contribution in [-0.2, 0) is 0 Å². The molecule has 0 unspecified atom stereocenters. The number of hydrogen-bond acceptors (Lipinski definition) is 5. The zero-order chi connectivity index (χ0) is 16.8. The fourth-order valence-electron chi connectivity index (χ4n) is 2.87. The molecule has 0 aliphatic rings. The van der Waals surface area contributed by atoms with Gasteiger partial charge in [-0.2, -0.15) is 0 Å². The van der Waals surface area contributed by atoms with Crippen LogP contribution in [0.5, 0.6) is 5.75 Å². The topological polar surface area (TPSA) is 64.6 Å². The smallest absolute Gasteiger partial charge is 0.348 e. The fourth-order valence-corrected chi connectivity index (χ4v) is 2.87. The molecule has 5 heteroatoms. The summed E-state index contributed by atoms with van der Waals surface area (Å²) in [6, 6.07) is 10.9. The molecule has 0 bridgehead atoms. The molecule has 0 spiro atoms. The van der Waals surface area contributed by atoms with E-state index >= 15 is 0 Å². The number of rotatable bonds is 3. The molecule has 24 heavy (non-hydrogen) atoms. The van der Waals surface area contributed by atoms with Gasteiger partial charge in [-0.15, -0.1) is 0 Å². The molecule has 1 N–H and O–H groups in total. The highest BCUT2D eigenvalue weighted by molar-refractivity contribution is 6.13. The van der Waals surface area contributed by atoms with Crippen LogP contribution in [0, 0.1) is 0 Å². The number of fused-ring (bicyclic) bond motifs is 5. The van der Waals surface area contributed by atoms with Gasteiger partial charge in [0.15, 0.2) is 5.58 Å². The number of benzene rings is 2. The fraction of sp³-hybridized carbons (Fsp3) is 0.105. The zero-order valence-corrected chi connectivity index (χ0v) is 13.3. The van der Waals surface area contributed by atoms with Gasteiger partial charge in [0.05, 0.1) is 12.5 Å². The highest BCUT2D eigenvalue weighted by Gasteiger charge is 2.16. The van der Waals surface area contributed by atoms with Gasteiger partial charge in [0, 0.05) is 22.8 Å². The van der Waals surface area contributed by atoms with Crippen molar-refractivity contribution >= 4 is 38.6 Å². The normalized spacial score (nSPS) is 11.2. The molecule has 0 radical (unpaired) electrons. The number of allylic oxidation sites excluding steroid dienone is 1. The SMILES string of the molecule is C=C(C)Nc1ccc2oc3c4ccc(OC)cc4oc(=O)c3c2c1. The van der Waals surface area contributed by atoms with Crippen LogP contribution in [0.1, 0.15) is 6.92 Å². The van der Waals surface area contributed by atoms with Crippen LogP contribution < -0.4 is 15.7 Å². The maximum atomic E-state index is 12.5. The van der Waals surface area contributed by atoms with E-state index in [1.165, 1.54) is 0 Å². The van der Waals surface area contributed by atoms with Gasteiger partial charge in [0.1, 0.15) is 22.3 Å². The van der Waals surface area contributed by atoms with E-state index in [0.717, 1.165) is 16.8 Å². The van der Waals surface area contributed by atoms with Crippen LogP contribution in [-0.4, -0.2) is 7.11 Å². The number of methoxy groups -OCH3 is 1. The van der Waals surface area contributed by atoms with Gasteiger partial charge in [-0.25, -0.2) is 4.79 Å². The summed E-state index contributed by atoms with van der Waals surface area (Å²) in [4.78, 5) is 12.5. The molecule has 4 rings (SSSR count). The summed E-state index contributed by atoms with van der Waals surface area (Å²) in [5, 5.41) is 5.02. The molecular formula is C19H15NO4. The van der Waals surface area contributed by atoms with E-state index in [9.17, 15) is 4.79 Å². The summed E-state index contributed by atoms with van der Waals surface area (Å²) >= 11 is 0. The minimum atomic E-state index is -0.433. The Balaban J connectivity index is 2.08. The lowest BCUT2D eigenvalue weighted by Gasteiger charge is -2.04. The first kappa shape index (κ1) is 14.4. The monoisotopic (exact) mass is 321 g/mol. The molecule has 2 aromatic heterocycles. The molecule has 0 fully saturated rings. The van der Waals surface area contributed by atoms with Crippen molar-refractivity contribution in [2.45, 2.75) is 6.92 Å². The lowest BCUT2D eigenvalue weighted by atomic mass is 10.1. The van der Waals surface area contributed by atoms with E-state index < -0.39 is 5.63 Å². The molecule has 2 heterocycles. The van der Waals surface area contributed by atoms with E-state index in [2.05, 4.69) is 11.9 Å². The second kappa shape index (κ2) is 5.16. The maximum absolute atomic E-state index is 12.5. The molecule has 0 amide bonds. The number of hydrogen-bond donors (Lipinski definition) is 1. The minimum absolute atomic E-state index is 0.433. The second-order valence-electron chi connectivity index (χ2n) is 5.67. The quantitative estimate of drug-likeness (QED) is 0.557. The molecule has 0 atom stereocenters. The molecule has 5 nitrogen and oxygen atoms in total.